The minimum absolute atomic E-state index is 0.0751. The number of aryl methyl sites for hydroxylation is 1. The number of rotatable bonds is 5. The van der Waals surface area contributed by atoms with Crippen molar-refractivity contribution in [1.29, 1.82) is 0 Å². The van der Waals surface area contributed by atoms with E-state index in [2.05, 4.69) is 20.6 Å². The molecule has 2 rings (SSSR count). The summed E-state index contributed by atoms with van der Waals surface area (Å²) in [5.41, 5.74) is 1.85. The highest BCUT2D eigenvalue weighted by Crippen LogP contribution is 2.04. The van der Waals surface area contributed by atoms with Crippen molar-refractivity contribution in [3.8, 4) is 0 Å². The second-order valence-corrected chi connectivity index (χ2v) is 4.11. The van der Waals surface area contributed by atoms with Crippen molar-refractivity contribution in [3.05, 3.63) is 54.0 Å². The van der Waals surface area contributed by atoms with Crippen LogP contribution < -0.4 is 10.6 Å². The van der Waals surface area contributed by atoms with Crippen LogP contribution in [0.1, 0.15) is 11.3 Å². The van der Waals surface area contributed by atoms with Gasteiger partial charge in [-0.05, 0) is 12.5 Å². The van der Waals surface area contributed by atoms with E-state index < -0.39 is 0 Å². The molecule has 0 fully saturated rings. The fourth-order valence-electron chi connectivity index (χ4n) is 1.60. The SMILES string of the molecule is Cc1nccnc1NCC(=O)NCc1ccccc1. The Kier molecular flexibility index (Phi) is 4.44. The monoisotopic (exact) mass is 256 g/mol. The van der Waals surface area contributed by atoms with Crippen LogP contribution in [0.4, 0.5) is 5.82 Å². The minimum Gasteiger partial charge on any atom is -0.360 e. The Hall–Kier alpha value is -2.43. The lowest BCUT2D eigenvalue weighted by Gasteiger charge is -2.08. The normalized spacial score (nSPS) is 9.95. The van der Waals surface area contributed by atoms with E-state index in [1.807, 2.05) is 37.3 Å². The molecular weight excluding hydrogens is 240 g/mol. The first kappa shape index (κ1) is 13.0. The molecule has 1 heterocycles. The van der Waals surface area contributed by atoms with Gasteiger partial charge in [-0.25, -0.2) is 4.98 Å². The van der Waals surface area contributed by atoms with Gasteiger partial charge in [0.1, 0.15) is 5.82 Å². The van der Waals surface area contributed by atoms with E-state index in [1.54, 1.807) is 12.4 Å². The Bertz CT molecular complexity index is 542. The van der Waals surface area contributed by atoms with Gasteiger partial charge in [-0.1, -0.05) is 30.3 Å². The molecule has 2 N–H and O–H groups in total. The molecule has 2 aromatic rings. The van der Waals surface area contributed by atoms with Crippen LogP contribution in [0.3, 0.4) is 0 Å². The Morgan fingerprint density at radius 3 is 2.63 bits per heavy atom. The Morgan fingerprint density at radius 2 is 1.89 bits per heavy atom. The third kappa shape index (κ3) is 4.06. The summed E-state index contributed by atoms with van der Waals surface area (Å²) >= 11 is 0. The second kappa shape index (κ2) is 6.49. The van der Waals surface area contributed by atoms with E-state index in [9.17, 15) is 4.79 Å². The van der Waals surface area contributed by atoms with Crippen molar-refractivity contribution >= 4 is 11.7 Å². The quantitative estimate of drug-likeness (QED) is 0.851. The lowest BCUT2D eigenvalue weighted by atomic mass is 10.2. The smallest absolute Gasteiger partial charge is 0.239 e. The lowest BCUT2D eigenvalue weighted by Crippen LogP contribution is -2.29. The molecule has 0 spiro atoms. The molecule has 19 heavy (non-hydrogen) atoms. The first-order valence-electron chi connectivity index (χ1n) is 6.08. The van der Waals surface area contributed by atoms with Crippen LogP contribution in [0.5, 0.6) is 0 Å². The molecule has 0 aliphatic rings. The molecule has 0 aliphatic heterocycles. The topological polar surface area (TPSA) is 66.9 Å². The summed E-state index contributed by atoms with van der Waals surface area (Å²) in [6.07, 6.45) is 3.22. The van der Waals surface area contributed by atoms with Gasteiger partial charge in [0.2, 0.25) is 5.91 Å². The molecule has 0 atom stereocenters. The molecule has 0 bridgehead atoms. The van der Waals surface area contributed by atoms with E-state index >= 15 is 0 Å². The number of benzene rings is 1. The highest BCUT2D eigenvalue weighted by molar-refractivity contribution is 5.80. The number of nitrogens with one attached hydrogen (secondary N) is 2. The van der Waals surface area contributed by atoms with Crippen molar-refractivity contribution in [2.75, 3.05) is 11.9 Å². The molecule has 0 saturated heterocycles. The van der Waals surface area contributed by atoms with Gasteiger partial charge in [-0.3, -0.25) is 9.78 Å². The summed E-state index contributed by atoms with van der Waals surface area (Å²) in [6, 6.07) is 9.79. The summed E-state index contributed by atoms with van der Waals surface area (Å²) in [5.74, 6) is 0.561. The van der Waals surface area contributed by atoms with E-state index in [-0.39, 0.29) is 12.5 Å². The molecule has 0 radical (unpaired) electrons. The maximum atomic E-state index is 11.7. The highest BCUT2D eigenvalue weighted by atomic mass is 16.1. The predicted octanol–water partition coefficient (Wildman–Crippen LogP) is 1.51. The van der Waals surface area contributed by atoms with Gasteiger partial charge in [0.15, 0.2) is 0 Å². The molecule has 98 valence electrons. The molecule has 0 saturated carbocycles. The zero-order chi connectivity index (χ0) is 13.5. The molecule has 5 nitrogen and oxygen atoms in total. The standard InChI is InChI=1S/C14H16N4O/c1-11-14(16-8-7-15-11)18-10-13(19)17-9-12-5-3-2-4-6-12/h2-8H,9-10H2,1H3,(H,16,18)(H,17,19). The third-order valence-corrected chi connectivity index (χ3v) is 2.63. The van der Waals surface area contributed by atoms with Crippen LogP contribution in [0, 0.1) is 6.92 Å². The minimum atomic E-state index is -0.0751. The number of amides is 1. The van der Waals surface area contributed by atoms with E-state index in [0.29, 0.717) is 12.4 Å². The highest BCUT2D eigenvalue weighted by Gasteiger charge is 2.03. The van der Waals surface area contributed by atoms with Crippen LogP contribution >= 0.6 is 0 Å². The maximum absolute atomic E-state index is 11.7. The summed E-state index contributed by atoms with van der Waals surface area (Å²) in [4.78, 5) is 19.9. The number of nitrogens with zero attached hydrogens (tertiary/aromatic N) is 2. The van der Waals surface area contributed by atoms with E-state index in [0.717, 1.165) is 11.3 Å². The number of anilines is 1. The molecule has 0 unspecified atom stereocenters. The zero-order valence-electron chi connectivity index (χ0n) is 10.8. The van der Waals surface area contributed by atoms with Crippen LogP contribution in [0.15, 0.2) is 42.7 Å². The second-order valence-electron chi connectivity index (χ2n) is 4.11. The number of carbonyl (C=O) groups is 1. The van der Waals surface area contributed by atoms with Crippen LogP contribution in [-0.4, -0.2) is 22.4 Å². The van der Waals surface area contributed by atoms with Crippen LogP contribution in [0.2, 0.25) is 0 Å². The molecule has 1 aromatic heterocycles. The Labute approximate surface area is 112 Å². The van der Waals surface area contributed by atoms with Crippen molar-refractivity contribution < 1.29 is 4.79 Å². The first-order valence-corrected chi connectivity index (χ1v) is 6.08. The fraction of sp³-hybridized carbons (Fsp3) is 0.214. The molecule has 5 heteroatoms. The summed E-state index contributed by atoms with van der Waals surface area (Å²) in [5, 5.41) is 5.80. The first-order chi connectivity index (χ1) is 9.25. The number of aromatic nitrogens is 2. The number of carbonyl (C=O) groups excluding carboxylic acids is 1. The van der Waals surface area contributed by atoms with Gasteiger partial charge in [0.25, 0.3) is 0 Å². The van der Waals surface area contributed by atoms with Crippen molar-refractivity contribution in [2.24, 2.45) is 0 Å². The van der Waals surface area contributed by atoms with Crippen molar-refractivity contribution in [1.82, 2.24) is 15.3 Å². The fourth-order valence-corrected chi connectivity index (χ4v) is 1.60. The third-order valence-electron chi connectivity index (χ3n) is 2.63. The van der Waals surface area contributed by atoms with Gasteiger partial charge in [0.05, 0.1) is 12.2 Å². The van der Waals surface area contributed by atoms with Gasteiger partial charge >= 0.3 is 0 Å². The summed E-state index contributed by atoms with van der Waals surface area (Å²) in [7, 11) is 0. The molecular formula is C14H16N4O. The van der Waals surface area contributed by atoms with E-state index in [1.165, 1.54) is 0 Å². The average Bonchev–Trinajstić information content (AvgIpc) is 2.45. The van der Waals surface area contributed by atoms with Crippen molar-refractivity contribution in [3.63, 3.8) is 0 Å². The van der Waals surface area contributed by atoms with Gasteiger partial charge < -0.3 is 10.6 Å². The average molecular weight is 256 g/mol. The van der Waals surface area contributed by atoms with E-state index in [4.69, 9.17) is 0 Å². The van der Waals surface area contributed by atoms with Crippen molar-refractivity contribution in [2.45, 2.75) is 13.5 Å². The summed E-state index contributed by atoms with van der Waals surface area (Å²) in [6.45, 7) is 2.56. The van der Waals surface area contributed by atoms with Crippen LogP contribution in [-0.2, 0) is 11.3 Å². The largest absolute Gasteiger partial charge is 0.360 e. The van der Waals surface area contributed by atoms with Crippen LogP contribution in [0.25, 0.3) is 0 Å². The maximum Gasteiger partial charge on any atom is 0.239 e. The lowest BCUT2D eigenvalue weighted by molar-refractivity contribution is -0.119. The Balaban J connectivity index is 1.78. The predicted molar refractivity (Wildman–Crippen MR) is 73.5 cm³/mol. The molecule has 0 aliphatic carbocycles. The Morgan fingerprint density at radius 1 is 1.16 bits per heavy atom. The van der Waals surface area contributed by atoms with Gasteiger partial charge in [-0.15, -0.1) is 0 Å². The number of hydrogen-bond donors (Lipinski definition) is 2. The van der Waals surface area contributed by atoms with Gasteiger partial charge in [0, 0.05) is 18.9 Å². The summed E-state index contributed by atoms with van der Waals surface area (Å²) < 4.78 is 0. The molecule has 1 amide bonds. The molecule has 1 aromatic carbocycles. The number of hydrogen-bond acceptors (Lipinski definition) is 4. The zero-order valence-corrected chi connectivity index (χ0v) is 10.8. The van der Waals surface area contributed by atoms with Gasteiger partial charge in [-0.2, -0.15) is 0 Å².